The standard InChI is InChI=1S/C22H29N3O4.C2H6.CH5N/c1-16(2)29-22(28)24-12-10-23(11-13-24)15-19-8-9-25(21(27)20(19)26)14-18-6-4-17(3)5-7-18;2*1-2/h4-9,16,26H,10-15H2,1-3H3;1-2H3;2H2,1H3. The molecule has 1 aliphatic heterocycles. The topological polar surface area (TPSA) is 101 Å². The Kier molecular flexibility index (Phi) is 12.2. The van der Waals surface area contributed by atoms with E-state index < -0.39 is 0 Å². The van der Waals surface area contributed by atoms with Crippen LogP contribution >= 0.6 is 0 Å². The van der Waals surface area contributed by atoms with Gasteiger partial charge in [0, 0.05) is 44.5 Å². The molecule has 0 saturated carbocycles. The van der Waals surface area contributed by atoms with Crippen molar-refractivity contribution < 1.29 is 14.6 Å². The zero-order valence-corrected chi connectivity index (χ0v) is 20.9. The molecule has 3 N–H and O–H groups in total. The van der Waals surface area contributed by atoms with Crippen molar-refractivity contribution in [2.75, 3.05) is 33.2 Å². The van der Waals surface area contributed by atoms with E-state index in [0.717, 1.165) is 11.1 Å². The zero-order chi connectivity index (χ0) is 25.0. The number of piperazine rings is 1. The molecule has 0 bridgehead atoms. The number of aromatic hydroxyl groups is 1. The van der Waals surface area contributed by atoms with Crippen LogP contribution in [-0.4, -0.2) is 64.9 Å². The lowest BCUT2D eigenvalue weighted by Gasteiger charge is -2.34. The van der Waals surface area contributed by atoms with Gasteiger partial charge in [0.1, 0.15) is 0 Å². The van der Waals surface area contributed by atoms with Crippen LogP contribution in [0.2, 0.25) is 0 Å². The summed E-state index contributed by atoms with van der Waals surface area (Å²) in [5, 5.41) is 10.4. The second-order valence-corrected chi connectivity index (χ2v) is 7.80. The van der Waals surface area contributed by atoms with Crippen LogP contribution in [0.15, 0.2) is 41.3 Å². The molecule has 0 aliphatic carbocycles. The van der Waals surface area contributed by atoms with Gasteiger partial charge in [0.05, 0.1) is 12.6 Å². The number of aromatic nitrogens is 1. The molecule has 0 radical (unpaired) electrons. The molecule has 184 valence electrons. The molecule has 1 fully saturated rings. The molecule has 0 spiro atoms. The van der Waals surface area contributed by atoms with Crippen molar-refractivity contribution in [1.82, 2.24) is 14.4 Å². The summed E-state index contributed by atoms with van der Waals surface area (Å²) in [5.74, 6) is -0.207. The molecule has 1 aromatic carbocycles. The fraction of sp³-hybridized carbons (Fsp3) is 0.520. The average molecular weight is 461 g/mol. The number of nitrogens with zero attached hydrogens (tertiary/aromatic N) is 3. The number of carbonyl (C=O) groups excluding carboxylic acids is 1. The SMILES string of the molecule is CC.CN.Cc1ccc(Cn2ccc(CN3CCN(C(=O)OC(C)C)CC3)c(O)c2=O)cc1. The third kappa shape index (κ3) is 8.55. The van der Waals surface area contributed by atoms with E-state index in [1.807, 2.05) is 58.9 Å². The molecule has 3 rings (SSSR count). The minimum Gasteiger partial charge on any atom is -0.503 e. The number of benzene rings is 1. The first-order chi connectivity index (χ1) is 15.8. The Morgan fingerprint density at radius 1 is 1.03 bits per heavy atom. The summed E-state index contributed by atoms with van der Waals surface area (Å²) < 4.78 is 6.75. The molecule has 33 heavy (non-hydrogen) atoms. The quantitative estimate of drug-likeness (QED) is 0.711. The molecule has 0 unspecified atom stereocenters. The van der Waals surface area contributed by atoms with Gasteiger partial charge in [-0.1, -0.05) is 43.7 Å². The Balaban J connectivity index is 0.00000129. The van der Waals surface area contributed by atoms with Gasteiger partial charge in [0.15, 0.2) is 5.75 Å². The second-order valence-electron chi connectivity index (χ2n) is 7.80. The molecule has 1 amide bonds. The minimum atomic E-state index is -0.387. The minimum absolute atomic E-state index is 0.135. The van der Waals surface area contributed by atoms with E-state index in [1.54, 1.807) is 17.2 Å². The maximum Gasteiger partial charge on any atom is 0.410 e. The van der Waals surface area contributed by atoms with Crippen LogP contribution in [0, 0.1) is 6.92 Å². The van der Waals surface area contributed by atoms with Gasteiger partial charge in [0.2, 0.25) is 0 Å². The number of carbonyl (C=O) groups is 1. The molecule has 8 nitrogen and oxygen atoms in total. The third-order valence-corrected chi connectivity index (χ3v) is 5.06. The number of hydrogen-bond donors (Lipinski definition) is 2. The summed E-state index contributed by atoms with van der Waals surface area (Å²) in [4.78, 5) is 28.4. The number of hydrogen-bond acceptors (Lipinski definition) is 6. The summed E-state index contributed by atoms with van der Waals surface area (Å²) in [6.45, 7) is 13.0. The van der Waals surface area contributed by atoms with Crippen molar-refractivity contribution in [3.05, 3.63) is 63.6 Å². The van der Waals surface area contributed by atoms with Gasteiger partial charge in [0.25, 0.3) is 5.56 Å². The first-order valence-electron chi connectivity index (χ1n) is 11.6. The number of rotatable bonds is 5. The maximum atomic E-state index is 12.6. The first kappa shape index (κ1) is 28.2. The normalized spacial score (nSPS) is 13.5. The van der Waals surface area contributed by atoms with Crippen LogP contribution in [0.25, 0.3) is 0 Å². The maximum absolute atomic E-state index is 12.6. The van der Waals surface area contributed by atoms with E-state index in [9.17, 15) is 14.7 Å². The Bertz CT molecular complexity index is 902. The summed E-state index contributed by atoms with van der Waals surface area (Å²) >= 11 is 0. The zero-order valence-electron chi connectivity index (χ0n) is 20.9. The molecule has 0 atom stereocenters. The van der Waals surface area contributed by atoms with Crippen LogP contribution < -0.4 is 11.3 Å². The summed E-state index contributed by atoms with van der Waals surface area (Å²) in [6, 6.07) is 9.77. The van der Waals surface area contributed by atoms with E-state index >= 15 is 0 Å². The number of nitrogens with two attached hydrogens (primary N) is 1. The van der Waals surface area contributed by atoms with Gasteiger partial charge in [-0.3, -0.25) is 9.69 Å². The smallest absolute Gasteiger partial charge is 0.410 e. The molecule has 1 saturated heterocycles. The van der Waals surface area contributed by atoms with Gasteiger partial charge in [-0.05, 0) is 39.4 Å². The van der Waals surface area contributed by atoms with Crippen molar-refractivity contribution in [2.24, 2.45) is 5.73 Å². The first-order valence-corrected chi connectivity index (χ1v) is 11.6. The highest BCUT2D eigenvalue weighted by Crippen LogP contribution is 2.16. The van der Waals surface area contributed by atoms with Gasteiger partial charge >= 0.3 is 6.09 Å². The molecule has 2 aromatic rings. The summed E-state index contributed by atoms with van der Waals surface area (Å²) in [7, 11) is 1.50. The lowest BCUT2D eigenvalue weighted by atomic mass is 10.1. The van der Waals surface area contributed by atoms with Crippen LogP contribution in [-0.2, 0) is 17.8 Å². The van der Waals surface area contributed by atoms with Crippen molar-refractivity contribution in [1.29, 1.82) is 0 Å². The van der Waals surface area contributed by atoms with Crippen molar-refractivity contribution in [2.45, 2.75) is 53.8 Å². The van der Waals surface area contributed by atoms with Crippen molar-refractivity contribution in [3.63, 3.8) is 0 Å². The lowest BCUT2D eigenvalue weighted by Crippen LogP contribution is -2.48. The van der Waals surface area contributed by atoms with E-state index in [1.165, 1.54) is 11.6 Å². The highest BCUT2D eigenvalue weighted by molar-refractivity contribution is 5.67. The lowest BCUT2D eigenvalue weighted by molar-refractivity contribution is 0.0557. The van der Waals surface area contributed by atoms with E-state index in [4.69, 9.17) is 4.74 Å². The predicted molar refractivity (Wildman–Crippen MR) is 133 cm³/mol. The van der Waals surface area contributed by atoms with Crippen molar-refractivity contribution >= 4 is 6.09 Å². The van der Waals surface area contributed by atoms with E-state index in [2.05, 4.69) is 10.6 Å². The van der Waals surface area contributed by atoms with Crippen LogP contribution in [0.3, 0.4) is 0 Å². The molecule has 8 heteroatoms. The average Bonchev–Trinajstić information content (AvgIpc) is 2.83. The fourth-order valence-electron chi connectivity index (χ4n) is 3.35. The Labute approximate surface area is 197 Å². The van der Waals surface area contributed by atoms with Crippen LogP contribution in [0.1, 0.15) is 44.4 Å². The fourth-order valence-corrected chi connectivity index (χ4v) is 3.35. The second kappa shape index (κ2) is 14.3. The molecular formula is C25H40N4O4. The largest absolute Gasteiger partial charge is 0.503 e. The highest BCUT2D eigenvalue weighted by Gasteiger charge is 2.23. The molecule has 1 aromatic heterocycles. The Morgan fingerprint density at radius 2 is 1.61 bits per heavy atom. The molecule has 2 heterocycles. The van der Waals surface area contributed by atoms with E-state index in [0.29, 0.717) is 44.8 Å². The Morgan fingerprint density at radius 3 is 2.15 bits per heavy atom. The van der Waals surface area contributed by atoms with Gasteiger partial charge in [-0.15, -0.1) is 0 Å². The number of amides is 1. The molecule has 1 aliphatic rings. The van der Waals surface area contributed by atoms with Gasteiger partial charge < -0.3 is 25.0 Å². The highest BCUT2D eigenvalue weighted by atomic mass is 16.6. The van der Waals surface area contributed by atoms with Gasteiger partial charge in [-0.2, -0.15) is 0 Å². The monoisotopic (exact) mass is 460 g/mol. The van der Waals surface area contributed by atoms with Crippen LogP contribution in [0.5, 0.6) is 5.75 Å². The number of aryl methyl sites for hydroxylation is 1. The summed E-state index contributed by atoms with van der Waals surface area (Å²) in [6.07, 6.45) is 1.30. The van der Waals surface area contributed by atoms with Gasteiger partial charge in [-0.25, -0.2) is 4.79 Å². The number of pyridine rings is 1. The van der Waals surface area contributed by atoms with Crippen LogP contribution in [0.4, 0.5) is 4.79 Å². The Hall–Kier alpha value is -2.84. The summed E-state index contributed by atoms with van der Waals surface area (Å²) in [5.41, 5.74) is 6.89. The van der Waals surface area contributed by atoms with E-state index in [-0.39, 0.29) is 23.5 Å². The molecular weight excluding hydrogens is 420 g/mol. The third-order valence-electron chi connectivity index (χ3n) is 5.06. The predicted octanol–water partition coefficient (Wildman–Crippen LogP) is 3.17. The van der Waals surface area contributed by atoms with Crippen molar-refractivity contribution in [3.8, 4) is 5.75 Å². The number of ether oxygens (including phenoxy) is 1.